The number of pyridine rings is 1. The van der Waals surface area contributed by atoms with Crippen LogP contribution in [0.25, 0.3) is 0 Å². The molecule has 0 radical (unpaired) electrons. The van der Waals surface area contributed by atoms with Crippen molar-refractivity contribution in [2.45, 2.75) is 44.7 Å². The van der Waals surface area contributed by atoms with E-state index in [1.54, 1.807) is 12.3 Å². The van der Waals surface area contributed by atoms with Crippen LogP contribution in [0.5, 0.6) is 0 Å². The summed E-state index contributed by atoms with van der Waals surface area (Å²) in [4.78, 5) is 41.2. The van der Waals surface area contributed by atoms with E-state index in [2.05, 4.69) is 15.2 Å². The zero-order valence-electron chi connectivity index (χ0n) is 18.3. The van der Waals surface area contributed by atoms with Gasteiger partial charge < -0.3 is 25.0 Å². The molecule has 4 rings (SSSR count). The first-order valence-electron chi connectivity index (χ1n) is 11.1. The minimum Gasteiger partial charge on any atom is -0.483 e. The van der Waals surface area contributed by atoms with Gasteiger partial charge in [0.25, 0.3) is 6.47 Å². The molecule has 2 bridgehead atoms. The number of carbonyl (C=O) groups is 3. The van der Waals surface area contributed by atoms with Crippen LogP contribution in [0.3, 0.4) is 0 Å². The fourth-order valence-electron chi connectivity index (χ4n) is 5.32. The highest BCUT2D eigenvalue weighted by Gasteiger charge is 2.49. The van der Waals surface area contributed by atoms with E-state index in [-0.39, 0.29) is 48.7 Å². The molecular formula is C22H31FN4O5. The Morgan fingerprint density at radius 1 is 1.41 bits per heavy atom. The number of halogens is 1. The number of ether oxygens (including phenoxy) is 1. The lowest BCUT2D eigenvalue weighted by atomic mass is 9.72. The number of piperidine rings is 3. The van der Waals surface area contributed by atoms with Crippen LogP contribution in [-0.2, 0) is 19.1 Å². The number of carbonyl (C=O) groups excluding carboxylic acids is 2. The Bertz CT molecular complexity index is 810. The zero-order valence-corrected chi connectivity index (χ0v) is 18.3. The standard InChI is InChI=1S/C21H29FN4O3.CH2O2/c1-2-29-13-20(27)24-10-19-15-8-14(17-4-3-5-21(28)26(17)19)11-25(12-15)18-6-7-23-9-16(18)22;2-1-3/h6-7,9,14-15,17,19H,2-5,8,10-13H2,1H3,(H,24,27);1H,(H,2,3)/t14-,15+,17+,19+;/m1./s1. The number of fused-ring (bicyclic) bond motifs is 4. The summed E-state index contributed by atoms with van der Waals surface area (Å²) in [6.07, 6.45) is 6.31. The van der Waals surface area contributed by atoms with Crippen LogP contribution in [0, 0.1) is 17.7 Å². The SMILES string of the molecule is CCOCC(=O)NC[C@H]1[C@H]2C[C@H](CN(c3ccncc3F)C2)[C@@H]2CCCC(=O)N21.O=CO. The van der Waals surface area contributed by atoms with Crippen LogP contribution in [0.2, 0.25) is 0 Å². The molecule has 10 heteroatoms. The van der Waals surface area contributed by atoms with Crippen molar-refractivity contribution < 1.29 is 28.6 Å². The van der Waals surface area contributed by atoms with Gasteiger partial charge in [0, 0.05) is 44.9 Å². The number of hydrogen-bond acceptors (Lipinski definition) is 6. The quantitative estimate of drug-likeness (QED) is 0.628. The number of hydrogen-bond donors (Lipinski definition) is 2. The van der Waals surface area contributed by atoms with Crippen LogP contribution in [0.1, 0.15) is 32.6 Å². The Hall–Kier alpha value is -2.75. The Morgan fingerprint density at radius 3 is 2.88 bits per heavy atom. The van der Waals surface area contributed by atoms with Crippen LogP contribution in [0.4, 0.5) is 10.1 Å². The molecule has 32 heavy (non-hydrogen) atoms. The molecule has 4 heterocycles. The second-order valence-corrected chi connectivity index (χ2v) is 8.36. The van der Waals surface area contributed by atoms with Crippen molar-refractivity contribution >= 4 is 24.0 Å². The van der Waals surface area contributed by atoms with Crippen LogP contribution < -0.4 is 10.2 Å². The predicted molar refractivity (Wildman–Crippen MR) is 114 cm³/mol. The third kappa shape index (κ3) is 5.35. The number of nitrogens with zero attached hydrogens (tertiary/aromatic N) is 3. The molecule has 1 aromatic rings. The van der Waals surface area contributed by atoms with Crippen molar-refractivity contribution in [3.8, 4) is 0 Å². The lowest BCUT2D eigenvalue weighted by molar-refractivity contribution is -0.149. The summed E-state index contributed by atoms with van der Waals surface area (Å²) in [7, 11) is 0. The summed E-state index contributed by atoms with van der Waals surface area (Å²) in [6.45, 7) is 3.94. The van der Waals surface area contributed by atoms with Gasteiger partial charge in [0.15, 0.2) is 5.82 Å². The Labute approximate surface area is 186 Å². The number of carboxylic acid groups (broad SMARTS) is 1. The Morgan fingerprint density at radius 2 is 2.16 bits per heavy atom. The first kappa shape index (κ1) is 23.9. The number of nitrogens with one attached hydrogen (secondary N) is 1. The van der Waals surface area contributed by atoms with Crippen LogP contribution in [-0.4, -0.2) is 78.2 Å². The van der Waals surface area contributed by atoms with E-state index >= 15 is 0 Å². The molecular weight excluding hydrogens is 419 g/mol. The third-order valence-electron chi connectivity index (χ3n) is 6.53. The molecule has 0 unspecified atom stereocenters. The fourth-order valence-corrected chi connectivity index (χ4v) is 5.32. The maximum absolute atomic E-state index is 14.4. The highest BCUT2D eigenvalue weighted by Crippen LogP contribution is 2.42. The monoisotopic (exact) mass is 450 g/mol. The first-order chi connectivity index (χ1) is 15.5. The van der Waals surface area contributed by atoms with E-state index in [1.165, 1.54) is 6.20 Å². The fraction of sp³-hybridized carbons (Fsp3) is 0.636. The molecule has 2 N–H and O–H groups in total. The molecule has 3 fully saturated rings. The maximum atomic E-state index is 14.4. The van der Waals surface area contributed by atoms with Crippen molar-refractivity contribution in [2.24, 2.45) is 11.8 Å². The van der Waals surface area contributed by atoms with Gasteiger partial charge in [-0.1, -0.05) is 0 Å². The Balaban J connectivity index is 0.000000913. The van der Waals surface area contributed by atoms with E-state index in [1.807, 2.05) is 11.8 Å². The predicted octanol–water partition coefficient (Wildman–Crippen LogP) is 1.28. The van der Waals surface area contributed by atoms with Gasteiger partial charge in [-0.05, 0) is 44.1 Å². The maximum Gasteiger partial charge on any atom is 0.290 e. The van der Waals surface area contributed by atoms with E-state index in [9.17, 15) is 14.0 Å². The van der Waals surface area contributed by atoms with Gasteiger partial charge in [0.1, 0.15) is 6.61 Å². The minimum atomic E-state index is -0.314. The molecule has 3 aliphatic rings. The van der Waals surface area contributed by atoms with Gasteiger partial charge in [-0.15, -0.1) is 0 Å². The van der Waals surface area contributed by atoms with E-state index < -0.39 is 0 Å². The highest BCUT2D eigenvalue weighted by molar-refractivity contribution is 5.79. The van der Waals surface area contributed by atoms with Crippen molar-refractivity contribution in [3.63, 3.8) is 0 Å². The van der Waals surface area contributed by atoms with Gasteiger partial charge in [0.05, 0.1) is 17.9 Å². The average molecular weight is 451 g/mol. The number of anilines is 1. The summed E-state index contributed by atoms with van der Waals surface area (Å²) >= 11 is 0. The van der Waals surface area contributed by atoms with Crippen molar-refractivity contribution in [3.05, 3.63) is 24.3 Å². The summed E-state index contributed by atoms with van der Waals surface area (Å²) in [5, 5.41) is 9.84. The zero-order chi connectivity index (χ0) is 23.1. The van der Waals surface area contributed by atoms with Crippen LogP contribution in [0.15, 0.2) is 18.5 Å². The highest BCUT2D eigenvalue weighted by atomic mass is 19.1. The largest absolute Gasteiger partial charge is 0.483 e. The summed E-state index contributed by atoms with van der Waals surface area (Å²) in [5.41, 5.74) is 0.574. The molecule has 1 aromatic heterocycles. The lowest BCUT2D eigenvalue weighted by Crippen LogP contribution is -2.67. The van der Waals surface area contributed by atoms with Gasteiger partial charge in [0.2, 0.25) is 11.8 Å². The molecule has 4 atom stereocenters. The summed E-state index contributed by atoms with van der Waals surface area (Å²) in [6, 6.07) is 1.82. The van der Waals surface area contributed by atoms with Crippen LogP contribution >= 0.6 is 0 Å². The summed E-state index contributed by atoms with van der Waals surface area (Å²) < 4.78 is 19.6. The number of aromatic nitrogens is 1. The van der Waals surface area contributed by atoms with E-state index in [0.717, 1.165) is 25.8 Å². The molecule has 0 aliphatic carbocycles. The second kappa shape index (κ2) is 11.2. The molecule has 3 aliphatic heterocycles. The molecule has 0 aromatic carbocycles. The first-order valence-corrected chi connectivity index (χ1v) is 11.1. The lowest BCUT2D eigenvalue weighted by Gasteiger charge is -2.57. The second-order valence-electron chi connectivity index (χ2n) is 8.36. The third-order valence-corrected chi connectivity index (χ3v) is 6.53. The van der Waals surface area contributed by atoms with E-state index in [0.29, 0.717) is 37.7 Å². The average Bonchev–Trinajstić information content (AvgIpc) is 2.78. The number of amides is 2. The molecule has 176 valence electrons. The van der Waals surface area contributed by atoms with Crippen molar-refractivity contribution in [1.82, 2.24) is 15.2 Å². The Kier molecular flexibility index (Phi) is 8.38. The molecule has 3 saturated heterocycles. The minimum absolute atomic E-state index is 0.0300. The van der Waals surface area contributed by atoms with E-state index in [4.69, 9.17) is 14.6 Å². The smallest absolute Gasteiger partial charge is 0.290 e. The normalized spacial score (nSPS) is 26.5. The molecule has 0 spiro atoms. The van der Waals surface area contributed by atoms with Gasteiger partial charge in [-0.25, -0.2) is 4.39 Å². The molecule has 0 saturated carbocycles. The molecule has 2 amide bonds. The topological polar surface area (TPSA) is 112 Å². The van der Waals surface area contributed by atoms with Gasteiger partial charge >= 0.3 is 0 Å². The number of rotatable bonds is 6. The molecule has 9 nitrogen and oxygen atoms in total. The van der Waals surface area contributed by atoms with Gasteiger partial charge in [-0.2, -0.15) is 0 Å². The summed E-state index contributed by atoms with van der Waals surface area (Å²) in [5.74, 6) is 0.213. The van der Waals surface area contributed by atoms with Gasteiger partial charge in [-0.3, -0.25) is 19.4 Å². The van der Waals surface area contributed by atoms with Crippen molar-refractivity contribution in [1.29, 1.82) is 0 Å². The van der Waals surface area contributed by atoms with Crippen molar-refractivity contribution in [2.75, 3.05) is 37.7 Å².